The number of ether oxygens (including phenoxy) is 1. The van der Waals surface area contributed by atoms with Crippen molar-refractivity contribution in [3.63, 3.8) is 0 Å². The Morgan fingerprint density at radius 2 is 2.09 bits per heavy atom. The van der Waals surface area contributed by atoms with Crippen LogP contribution in [0.2, 0.25) is 5.02 Å². The molecule has 1 heterocycles. The number of nitrogens with one attached hydrogen (secondary N) is 1. The molecule has 1 aliphatic carbocycles. The summed E-state index contributed by atoms with van der Waals surface area (Å²) in [5.41, 5.74) is 2.29. The van der Waals surface area contributed by atoms with Crippen molar-refractivity contribution in [1.82, 2.24) is 0 Å². The molecule has 23 heavy (non-hydrogen) atoms. The Balaban J connectivity index is 1.56. The van der Waals surface area contributed by atoms with Crippen LogP contribution in [0.3, 0.4) is 0 Å². The first-order valence-electron chi connectivity index (χ1n) is 7.45. The van der Waals surface area contributed by atoms with E-state index < -0.39 is 5.97 Å². The summed E-state index contributed by atoms with van der Waals surface area (Å²) in [4.78, 5) is 25.3. The third-order valence-electron chi connectivity index (χ3n) is 3.72. The molecule has 1 aromatic carbocycles. The molecule has 0 bridgehead atoms. The van der Waals surface area contributed by atoms with Crippen LogP contribution >= 0.6 is 22.9 Å². The molecular weight excluding hydrogens is 334 g/mol. The predicted octanol–water partition coefficient (Wildman–Crippen LogP) is 4.08. The SMILES string of the molecule is O=C(COC(=O)c1csc2c1CCCC2)Nc1cccc(Cl)c1. The normalized spacial score (nSPS) is 13.3. The number of benzene rings is 1. The molecule has 120 valence electrons. The topological polar surface area (TPSA) is 55.4 Å². The summed E-state index contributed by atoms with van der Waals surface area (Å²) >= 11 is 7.46. The average Bonchev–Trinajstić information content (AvgIpc) is 2.97. The first-order chi connectivity index (χ1) is 11.1. The number of hydrogen-bond acceptors (Lipinski definition) is 4. The van der Waals surface area contributed by atoms with E-state index in [1.807, 2.05) is 5.38 Å². The summed E-state index contributed by atoms with van der Waals surface area (Å²) in [7, 11) is 0. The number of thiophene rings is 1. The lowest BCUT2D eigenvalue weighted by atomic mass is 9.96. The molecule has 0 atom stereocenters. The van der Waals surface area contributed by atoms with E-state index in [1.165, 1.54) is 11.3 Å². The number of fused-ring (bicyclic) bond motifs is 1. The summed E-state index contributed by atoms with van der Waals surface area (Å²) in [6, 6.07) is 6.82. The molecule has 0 aliphatic heterocycles. The van der Waals surface area contributed by atoms with Crippen LogP contribution in [-0.2, 0) is 22.4 Å². The van der Waals surface area contributed by atoms with Crippen molar-refractivity contribution in [1.29, 1.82) is 0 Å². The fraction of sp³-hybridized carbons (Fsp3) is 0.294. The van der Waals surface area contributed by atoms with Gasteiger partial charge < -0.3 is 10.1 Å². The molecule has 0 saturated heterocycles. The molecular formula is C17H16ClNO3S. The third kappa shape index (κ3) is 3.92. The maximum atomic E-state index is 12.2. The van der Waals surface area contributed by atoms with Gasteiger partial charge in [0.05, 0.1) is 5.56 Å². The first-order valence-corrected chi connectivity index (χ1v) is 8.71. The van der Waals surface area contributed by atoms with E-state index in [4.69, 9.17) is 16.3 Å². The fourth-order valence-electron chi connectivity index (χ4n) is 2.64. The lowest BCUT2D eigenvalue weighted by Crippen LogP contribution is -2.21. The van der Waals surface area contributed by atoms with E-state index in [1.54, 1.807) is 35.6 Å². The first kappa shape index (κ1) is 16.0. The number of anilines is 1. The van der Waals surface area contributed by atoms with E-state index in [-0.39, 0.29) is 12.5 Å². The Morgan fingerprint density at radius 3 is 2.91 bits per heavy atom. The average molecular weight is 350 g/mol. The zero-order chi connectivity index (χ0) is 16.2. The Morgan fingerprint density at radius 1 is 1.26 bits per heavy atom. The zero-order valence-electron chi connectivity index (χ0n) is 12.4. The van der Waals surface area contributed by atoms with Gasteiger partial charge in [-0.25, -0.2) is 4.79 Å². The highest BCUT2D eigenvalue weighted by molar-refractivity contribution is 7.10. The fourth-order valence-corrected chi connectivity index (χ4v) is 3.94. The quantitative estimate of drug-likeness (QED) is 0.846. The van der Waals surface area contributed by atoms with Gasteiger partial charge in [-0.1, -0.05) is 17.7 Å². The van der Waals surface area contributed by atoms with Crippen molar-refractivity contribution < 1.29 is 14.3 Å². The molecule has 1 amide bonds. The minimum Gasteiger partial charge on any atom is -0.452 e. The molecule has 6 heteroatoms. The largest absolute Gasteiger partial charge is 0.452 e. The minimum absolute atomic E-state index is 0.310. The summed E-state index contributed by atoms with van der Waals surface area (Å²) in [6.45, 7) is -0.310. The highest BCUT2D eigenvalue weighted by Crippen LogP contribution is 2.30. The minimum atomic E-state index is -0.425. The van der Waals surface area contributed by atoms with Gasteiger partial charge in [0.2, 0.25) is 0 Å². The van der Waals surface area contributed by atoms with Crippen LogP contribution in [0.1, 0.15) is 33.6 Å². The van der Waals surface area contributed by atoms with Crippen LogP contribution in [0.25, 0.3) is 0 Å². The van der Waals surface area contributed by atoms with Gasteiger partial charge in [0.15, 0.2) is 6.61 Å². The summed E-state index contributed by atoms with van der Waals surface area (Å²) in [6.07, 6.45) is 4.21. The second-order valence-corrected chi connectivity index (χ2v) is 6.79. The van der Waals surface area contributed by atoms with Crippen molar-refractivity contribution in [2.24, 2.45) is 0 Å². The number of amides is 1. The number of carbonyl (C=O) groups is 2. The predicted molar refractivity (Wildman–Crippen MR) is 91.3 cm³/mol. The van der Waals surface area contributed by atoms with E-state index in [2.05, 4.69) is 5.32 Å². The standard InChI is InChI=1S/C17H16ClNO3S/c18-11-4-3-5-12(8-11)19-16(20)9-22-17(21)14-10-23-15-7-2-1-6-13(14)15/h3-5,8,10H,1-2,6-7,9H2,(H,19,20). The van der Waals surface area contributed by atoms with Crippen molar-refractivity contribution in [3.05, 3.63) is 50.7 Å². The number of esters is 1. The van der Waals surface area contributed by atoms with E-state index >= 15 is 0 Å². The number of hydrogen-bond donors (Lipinski definition) is 1. The van der Waals surface area contributed by atoms with Gasteiger partial charge in [0.25, 0.3) is 5.91 Å². The highest BCUT2D eigenvalue weighted by Gasteiger charge is 2.21. The van der Waals surface area contributed by atoms with Crippen LogP contribution in [0, 0.1) is 0 Å². The monoisotopic (exact) mass is 349 g/mol. The van der Waals surface area contributed by atoms with Gasteiger partial charge in [-0.15, -0.1) is 11.3 Å². The molecule has 0 radical (unpaired) electrons. The van der Waals surface area contributed by atoms with Gasteiger partial charge in [0, 0.05) is 21.0 Å². The van der Waals surface area contributed by atoms with E-state index in [9.17, 15) is 9.59 Å². The molecule has 2 aromatic rings. The van der Waals surface area contributed by atoms with Crippen molar-refractivity contribution in [3.8, 4) is 0 Å². The van der Waals surface area contributed by atoms with E-state index in [0.717, 1.165) is 24.8 Å². The van der Waals surface area contributed by atoms with E-state index in [0.29, 0.717) is 16.3 Å². The Bertz CT molecular complexity index is 741. The van der Waals surface area contributed by atoms with Crippen LogP contribution in [-0.4, -0.2) is 18.5 Å². The van der Waals surface area contributed by atoms with Gasteiger partial charge in [-0.3, -0.25) is 4.79 Å². The summed E-state index contributed by atoms with van der Waals surface area (Å²) < 4.78 is 5.14. The Kier molecular flexibility index (Phi) is 4.98. The second kappa shape index (κ2) is 7.15. The van der Waals surface area contributed by atoms with Crippen molar-refractivity contribution in [2.75, 3.05) is 11.9 Å². The van der Waals surface area contributed by atoms with Gasteiger partial charge in [0.1, 0.15) is 0 Å². The molecule has 0 saturated carbocycles. The smallest absolute Gasteiger partial charge is 0.339 e. The van der Waals surface area contributed by atoms with Crippen molar-refractivity contribution >= 4 is 40.5 Å². The number of rotatable bonds is 4. The maximum absolute atomic E-state index is 12.2. The van der Waals surface area contributed by atoms with Gasteiger partial charge in [-0.05, 0) is 49.4 Å². The molecule has 1 aromatic heterocycles. The molecule has 0 fully saturated rings. The number of carbonyl (C=O) groups excluding carboxylic acids is 2. The second-order valence-electron chi connectivity index (χ2n) is 5.39. The van der Waals surface area contributed by atoms with Crippen LogP contribution < -0.4 is 5.32 Å². The van der Waals surface area contributed by atoms with Gasteiger partial charge >= 0.3 is 5.97 Å². The van der Waals surface area contributed by atoms with Gasteiger partial charge in [-0.2, -0.15) is 0 Å². The molecule has 0 unspecified atom stereocenters. The molecule has 4 nitrogen and oxygen atoms in total. The maximum Gasteiger partial charge on any atom is 0.339 e. The number of aryl methyl sites for hydroxylation is 1. The molecule has 1 aliphatic rings. The highest BCUT2D eigenvalue weighted by atomic mass is 35.5. The zero-order valence-corrected chi connectivity index (χ0v) is 14.0. The Hall–Kier alpha value is -1.85. The summed E-state index contributed by atoms with van der Waals surface area (Å²) in [5, 5.41) is 5.02. The lowest BCUT2D eigenvalue weighted by Gasteiger charge is -2.12. The van der Waals surface area contributed by atoms with Crippen LogP contribution in [0.4, 0.5) is 5.69 Å². The number of halogens is 1. The third-order valence-corrected chi connectivity index (χ3v) is 5.05. The van der Waals surface area contributed by atoms with Crippen molar-refractivity contribution in [2.45, 2.75) is 25.7 Å². The molecule has 3 rings (SSSR count). The molecule has 0 spiro atoms. The van der Waals surface area contributed by atoms with Crippen LogP contribution in [0.15, 0.2) is 29.6 Å². The summed E-state index contributed by atoms with van der Waals surface area (Å²) in [5.74, 6) is -0.810. The van der Waals surface area contributed by atoms with Crippen LogP contribution in [0.5, 0.6) is 0 Å². The lowest BCUT2D eigenvalue weighted by molar-refractivity contribution is -0.119. The Labute approximate surface area is 143 Å². The molecule has 1 N–H and O–H groups in total.